The smallest absolute Gasteiger partial charge is 0.329 e. The SMILES string of the molecule is C[C@H](C(=O)OCC(=O)c1ccc(F)cc1)N1C(=O)[C@H]2[C@@H]3CC[C@H](C3)[C@@H]2C1=O. The van der Waals surface area contributed by atoms with E-state index < -0.39 is 30.2 Å². The van der Waals surface area contributed by atoms with Crippen LogP contribution in [-0.2, 0) is 19.1 Å². The number of benzene rings is 1. The number of imide groups is 1. The molecule has 2 saturated carbocycles. The van der Waals surface area contributed by atoms with Crippen LogP contribution < -0.4 is 0 Å². The topological polar surface area (TPSA) is 80.8 Å². The molecule has 2 bridgehead atoms. The molecule has 3 fully saturated rings. The number of ether oxygens (including phenoxy) is 1. The van der Waals surface area contributed by atoms with Gasteiger partial charge in [0.05, 0.1) is 11.8 Å². The van der Waals surface area contributed by atoms with Gasteiger partial charge in [0.2, 0.25) is 11.8 Å². The number of esters is 1. The van der Waals surface area contributed by atoms with Crippen molar-refractivity contribution in [1.29, 1.82) is 0 Å². The fourth-order valence-electron chi connectivity index (χ4n) is 4.90. The van der Waals surface area contributed by atoms with Crippen molar-refractivity contribution in [2.24, 2.45) is 23.7 Å². The van der Waals surface area contributed by atoms with Crippen LogP contribution in [-0.4, -0.2) is 41.1 Å². The molecule has 1 saturated heterocycles. The fourth-order valence-corrected chi connectivity index (χ4v) is 4.90. The molecule has 7 heteroatoms. The molecule has 3 aliphatic rings. The third-order valence-electron chi connectivity index (χ3n) is 6.20. The zero-order valence-electron chi connectivity index (χ0n) is 14.9. The van der Waals surface area contributed by atoms with Crippen LogP contribution >= 0.6 is 0 Å². The minimum absolute atomic E-state index is 0.219. The third kappa shape index (κ3) is 2.85. The number of nitrogens with zero attached hydrogens (tertiary/aromatic N) is 1. The van der Waals surface area contributed by atoms with Crippen molar-refractivity contribution in [2.45, 2.75) is 32.2 Å². The lowest BCUT2D eigenvalue weighted by Crippen LogP contribution is -2.45. The summed E-state index contributed by atoms with van der Waals surface area (Å²) in [5.74, 6) is -2.43. The van der Waals surface area contributed by atoms with Gasteiger partial charge in [-0.3, -0.25) is 19.3 Å². The highest BCUT2D eigenvalue weighted by Gasteiger charge is 2.62. The van der Waals surface area contributed by atoms with Crippen LogP contribution in [0, 0.1) is 29.5 Å². The van der Waals surface area contributed by atoms with Crippen LogP contribution in [0.25, 0.3) is 0 Å². The van der Waals surface area contributed by atoms with Gasteiger partial charge in [-0.15, -0.1) is 0 Å². The molecule has 4 rings (SSSR count). The zero-order valence-corrected chi connectivity index (χ0v) is 14.9. The lowest BCUT2D eigenvalue weighted by molar-refractivity contribution is -0.157. The number of ketones is 1. The van der Waals surface area contributed by atoms with Crippen LogP contribution in [0.5, 0.6) is 0 Å². The predicted molar refractivity (Wildman–Crippen MR) is 90.8 cm³/mol. The standard InChI is InChI=1S/C20H20FNO5/c1-10(20(26)27-9-15(23)11-4-6-14(21)7-5-11)22-18(24)16-12-2-3-13(8-12)17(16)19(22)25/h4-7,10,12-13,16-17H,2-3,8-9H2,1H3/t10-,12-,13-,16+,17+/m1/s1. The van der Waals surface area contributed by atoms with E-state index >= 15 is 0 Å². The number of hydrogen-bond acceptors (Lipinski definition) is 5. The van der Waals surface area contributed by atoms with Gasteiger partial charge >= 0.3 is 5.97 Å². The van der Waals surface area contributed by atoms with Gasteiger partial charge in [-0.25, -0.2) is 9.18 Å². The van der Waals surface area contributed by atoms with Crippen LogP contribution in [0.3, 0.4) is 0 Å². The molecule has 2 amide bonds. The summed E-state index contributed by atoms with van der Waals surface area (Å²) in [5.41, 5.74) is 0.219. The average Bonchev–Trinajstić information content (AvgIpc) is 3.33. The zero-order chi connectivity index (χ0) is 19.3. The van der Waals surface area contributed by atoms with Crippen molar-refractivity contribution < 1.29 is 28.3 Å². The molecular formula is C20H20FNO5. The van der Waals surface area contributed by atoms with Crippen LogP contribution in [0.1, 0.15) is 36.5 Å². The number of carbonyl (C=O) groups excluding carboxylic acids is 4. The molecule has 0 radical (unpaired) electrons. The van der Waals surface area contributed by atoms with E-state index in [9.17, 15) is 23.6 Å². The molecule has 1 aliphatic heterocycles. The highest BCUT2D eigenvalue weighted by molar-refractivity contribution is 6.08. The Balaban J connectivity index is 1.39. The Kier molecular flexibility index (Phi) is 4.32. The van der Waals surface area contributed by atoms with Gasteiger partial charge in [-0.2, -0.15) is 0 Å². The van der Waals surface area contributed by atoms with Crippen molar-refractivity contribution in [1.82, 2.24) is 4.90 Å². The van der Waals surface area contributed by atoms with Crippen molar-refractivity contribution in [3.63, 3.8) is 0 Å². The summed E-state index contributed by atoms with van der Waals surface area (Å²) in [5, 5.41) is 0. The summed E-state index contributed by atoms with van der Waals surface area (Å²) < 4.78 is 17.9. The quantitative estimate of drug-likeness (QED) is 0.448. The first-order valence-corrected chi connectivity index (χ1v) is 9.20. The van der Waals surface area contributed by atoms with E-state index in [2.05, 4.69) is 0 Å². The van der Waals surface area contributed by atoms with Crippen LogP contribution in [0.4, 0.5) is 4.39 Å². The minimum atomic E-state index is -1.06. The first-order chi connectivity index (χ1) is 12.9. The van der Waals surface area contributed by atoms with Crippen LogP contribution in [0.15, 0.2) is 24.3 Å². The first kappa shape index (κ1) is 17.8. The summed E-state index contributed by atoms with van der Waals surface area (Å²) in [6, 6.07) is 3.84. The number of hydrogen-bond donors (Lipinski definition) is 0. The Morgan fingerprint density at radius 1 is 1.11 bits per heavy atom. The molecule has 0 aromatic heterocycles. The molecule has 27 heavy (non-hydrogen) atoms. The number of likely N-dealkylation sites (tertiary alicyclic amines) is 1. The Hall–Kier alpha value is -2.57. The van der Waals surface area contributed by atoms with Crippen molar-refractivity contribution >= 4 is 23.6 Å². The van der Waals surface area contributed by atoms with E-state index in [0.29, 0.717) is 0 Å². The number of fused-ring (bicyclic) bond motifs is 5. The van der Waals surface area contributed by atoms with Crippen molar-refractivity contribution in [3.8, 4) is 0 Å². The van der Waals surface area contributed by atoms with Gasteiger partial charge < -0.3 is 4.74 Å². The van der Waals surface area contributed by atoms with E-state index in [1.54, 1.807) is 0 Å². The lowest BCUT2D eigenvalue weighted by atomic mass is 9.81. The van der Waals surface area contributed by atoms with E-state index in [-0.39, 0.29) is 41.0 Å². The molecule has 0 spiro atoms. The largest absolute Gasteiger partial charge is 0.456 e. The molecule has 0 N–H and O–H groups in total. The van der Waals surface area contributed by atoms with E-state index in [1.807, 2.05) is 0 Å². The Morgan fingerprint density at radius 2 is 1.67 bits per heavy atom. The highest BCUT2D eigenvalue weighted by Crippen LogP contribution is 2.56. The van der Waals surface area contributed by atoms with Gasteiger partial charge in [-0.05, 0) is 62.3 Å². The second-order valence-electron chi connectivity index (χ2n) is 7.65. The second-order valence-corrected chi connectivity index (χ2v) is 7.65. The maximum Gasteiger partial charge on any atom is 0.329 e. The van der Waals surface area contributed by atoms with Crippen molar-refractivity contribution in [2.75, 3.05) is 6.61 Å². The number of amides is 2. The van der Waals surface area contributed by atoms with E-state index in [4.69, 9.17) is 4.74 Å². The van der Waals surface area contributed by atoms with E-state index in [0.717, 1.165) is 36.3 Å². The molecule has 0 unspecified atom stereocenters. The highest BCUT2D eigenvalue weighted by atomic mass is 19.1. The molecule has 5 atom stereocenters. The molecule has 1 aromatic carbocycles. The lowest BCUT2D eigenvalue weighted by Gasteiger charge is -2.22. The summed E-state index contributed by atoms with van der Waals surface area (Å²) in [7, 11) is 0. The fraction of sp³-hybridized carbons (Fsp3) is 0.500. The number of halogens is 1. The summed E-state index contributed by atoms with van der Waals surface area (Å²) in [6.07, 6.45) is 2.85. The van der Waals surface area contributed by atoms with E-state index in [1.165, 1.54) is 19.1 Å². The average molecular weight is 373 g/mol. The van der Waals surface area contributed by atoms with Gasteiger partial charge in [0.25, 0.3) is 0 Å². The number of rotatable bonds is 5. The number of carbonyl (C=O) groups is 4. The Labute approximate surface area is 155 Å². The van der Waals surface area contributed by atoms with Crippen molar-refractivity contribution in [3.05, 3.63) is 35.6 Å². The Bertz CT molecular complexity index is 792. The molecule has 2 aliphatic carbocycles. The summed E-state index contributed by atoms with van der Waals surface area (Å²) >= 11 is 0. The van der Waals surface area contributed by atoms with Gasteiger partial charge in [-0.1, -0.05) is 0 Å². The molecular weight excluding hydrogens is 353 g/mol. The Morgan fingerprint density at radius 3 is 2.22 bits per heavy atom. The first-order valence-electron chi connectivity index (χ1n) is 9.20. The maximum atomic E-state index is 12.9. The normalized spacial score (nSPS) is 29.8. The maximum absolute atomic E-state index is 12.9. The summed E-state index contributed by atoms with van der Waals surface area (Å²) in [6.45, 7) is 0.923. The summed E-state index contributed by atoms with van der Waals surface area (Å²) in [4.78, 5) is 50.8. The minimum Gasteiger partial charge on any atom is -0.456 e. The van der Waals surface area contributed by atoms with Crippen LogP contribution in [0.2, 0.25) is 0 Å². The van der Waals surface area contributed by atoms with Gasteiger partial charge in [0.1, 0.15) is 11.9 Å². The molecule has 6 nitrogen and oxygen atoms in total. The number of Topliss-reactive ketones (excluding diaryl/α,β-unsaturated/α-hetero) is 1. The third-order valence-corrected chi connectivity index (χ3v) is 6.20. The predicted octanol–water partition coefficient (Wildman–Crippen LogP) is 1.97. The monoisotopic (exact) mass is 373 g/mol. The molecule has 1 heterocycles. The molecule has 142 valence electrons. The second kappa shape index (κ2) is 6.55. The molecule has 1 aromatic rings. The van der Waals surface area contributed by atoms with Gasteiger partial charge in [0, 0.05) is 5.56 Å². The van der Waals surface area contributed by atoms with Gasteiger partial charge in [0.15, 0.2) is 12.4 Å².